The largest absolute Gasteiger partial charge is 0.331 e. The second-order valence-electron chi connectivity index (χ2n) is 2.90. The molecule has 1 aromatic carbocycles. The van der Waals surface area contributed by atoms with Gasteiger partial charge in [-0.25, -0.2) is 8.42 Å². The Balaban J connectivity index is 3.27. The number of benzene rings is 1. The fraction of sp³-hybridized carbons (Fsp3) is 0.125. The SMILES string of the molecule is CS(=O)(=O)N([C]=O)c1cccc([N+](=O)[O-])c1. The highest BCUT2D eigenvalue weighted by atomic mass is 32.2. The van der Waals surface area contributed by atoms with Gasteiger partial charge in [-0.05, 0) is 6.07 Å². The number of amides is 1. The molecule has 1 radical (unpaired) electrons. The second kappa shape index (κ2) is 4.27. The Labute approximate surface area is 91.5 Å². The first-order valence-corrected chi connectivity index (χ1v) is 5.83. The van der Waals surface area contributed by atoms with E-state index in [9.17, 15) is 23.3 Å². The quantitative estimate of drug-likeness (QED) is 0.434. The Hall–Kier alpha value is -1.96. The summed E-state index contributed by atoms with van der Waals surface area (Å²) >= 11 is 0. The number of nitrogens with zero attached hydrogens (tertiary/aromatic N) is 2. The van der Waals surface area contributed by atoms with Gasteiger partial charge in [0.25, 0.3) is 5.69 Å². The molecule has 0 aliphatic rings. The summed E-state index contributed by atoms with van der Waals surface area (Å²) in [5.41, 5.74) is -0.423. The Morgan fingerprint density at radius 1 is 1.44 bits per heavy atom. The number of nitro benzene ring substituents is 1. The van der Waals surface area contributed by atoms with Crippen molar-refractivity contribution >= 4 is 27.8 Å². The predicted octanol–water partition coefficient (Wildman–Crippen LogP) is 0.428. The van der Waals surface area contributed by atoms with Crippen molar-refractivity contribution in [1.82, 2.24) is 0 Å². The maximum absolute atomic E-state index is 11.1. The summed E-state index contributed by atoms with van der Waals surface area (Å²) in [5.74, 6) is 0. The number of non-ortho nitro benzene ring substituents is 1. The van der Waals surface area contributed by atoms with Crippen molar-refractivity contribution in [3.05, 3.63) is 34.4 Å². The van der Waals surface area contributed by atoms with Gasteiger partial charge in [-0.2, -0.15) is 4.31 Å². The van der Waals surface area contributed by atoms with Crippen LogP contribution in [-0.4, -0.2) is 26.0 Å². The Morgan fingerprint density at radius 2 is 2.06 bits per heavy atom. The molecule has 0 saturated heterocycles. The van der Waals surface area contributed by atoms with E-state index in [1.807, 2.05) is 0 Å². The standard InChI is InChI=1S/C8H7N2O5S/c1-16(14,15)9(6-11)7-3-2-4-8(5-7)10(12)13/h2-5H,1H3. The molecular formula is C8H7N2O5S. The lowest BCUT2D eigenvalue weighted by atomic mass is 10.3. The van der Waals surface area contributed by atoms with Crippen molar-refractivity contribution in [2.45, 2.75) is 0 Å². The van der Waals surface area contributed by atoms with Crippen molar-refractivity contribution in [1.29, 1.82) is 0 Å². The number of carbonyl (C=O) groups excluding carboxylic acids is 1. The minimum absolute atomic E-state index is 0.119. The van der Waals surface area contributed by atoms with Crippen molar-refractivity contribution in [3.8, 4) is 0 Å². The van der Waals surface area contributed by atoms with E-state index in [1.165, 1.54) is 24.6 Å². The molecule has 0 saturated carbocycles. The van der Waals surface area contributed by atoms with Crippen LogP contribution in [0.2, 0.25) is 0 Å². The molecule has 16 heavy (non-hydrogen) atoms. The molecule has 0 aromatic heterocycles. The molecule has 0 atom stereocenters. The fourth-order valence-corrected chi connectivity index (χ4v) is 1.68. The van der Waals surface area contributed by atoms with Crippen LogP contribution in [0.15, 0.2) is 24.3 Å². The zero-order valence-electron chi connectivity index (χ0n) is 8.15. The van der Waals surface area contributed by atoms with Gasteiger partial charge < -0.3 is 0 Å². The molecule has 0 spiro atoms. The van der Waals surface area contributed by atoms with E-state index in [-0.39, 0.29) is 11.4 Å². The van der Waals surface area contributed by atoms with Crippen LogP contribution in [-0.2, 0) is 14.8 Å². The van der Waals surface area contributed by atoms with Crippen molar-refractivity contribution in [2.75, 3.05) is 10.6 Å². The van der Waals surface area contributed by atoms with E-state index < -0.39 is 14.9 Å². The number of hydrogen-bond donors (Lipinski definition) is 0. The lowest BCUT2D eigenvalue weighted by molar-refractivity contribution is -0.384. The van der Waals surface area contributed by atoms with Crippen LogP contribution in [0.5, 0.6) is 0 Å². The zero-order chi connectivity index (χ0) is 12.3. The third-order valence-electron chi connectivity index (χ3n) is 1.69. The molecular weight excluding hydrogens is 236 g/mol. The molecule has 0 aliphatic carbocycles. The highest BCUT2D eigenvalue weighted by Gasteiger charge is 2.19. The van der Waals surface area contributed by atoms with E-state index in [0.29, 0.717) is 4.31 Å². The number of sulfonamides is 1. The number of rotatable bonds is 4. The number of nitro groups is 1. The molecule has 0 N–H and O–H groups in total. The van der Waals surface area contributed by atoms with E-state index >= 15 is 0 Å². The molecule has 0 fully saturated rings. The molecule has 7 nitrogen and oxygen atoms in total. The molecule has 0 unspecified atom stereocenters. The summed E-state index contributed by atoms with van der Waals surface area (Å²) < 4.78 is 22.6. The van der Waals surface area contributed by atoms with Crippen molar-refractivity contribution in [2.24, 2.45) is 0 Å². The lowest BCUT2D eigenvalue weighted by Gasteiger charge is -2.12. The van der Waals surface area contributed by atoms with Gasteiger partial charge in [-0.1, -0.05) is 6.07 Å². The highest BCUT2D eigenvalue weighted by Crippen LogP contribution is 2.21. The average molecular weight is 243 g/mol. The van der Waals surface area contributed by atoms with E-state index in [0.717, 1.165) is 12.3 Å². The van der Waals surface area contributed by atoms with Gasteiger partial charge in [0.1, 0.15) is 0 Å². The topological polar surface area (TPSA) is 97.6 Å². The van der Waals surface area contributed by atoms with Gasteiger partial charge in [-0.15, -0.1) is 0 Å². The number of anilines is 1. The Kier molecular flexibility index (Phi) is 3.23. The molecule has 0 heterocycles. The zero-order valence-corrected chi connectivity index (χ0v) is 8.97. The Morgan fingerprint density at radius 3 is 2.50 bits per heavy atom. The predicted molar refractivity (Wildman–Crippen MR) is 56.1 cm³/mol. The third kappa shape index (κ3) is 2.54. The first kappa shape index (κ1) is 12.1. The molecule has 8 heteroatoms. The first-order valence-electron chi connectivity index (χ1n) is 3.99. The Bertz CT molecular complexity index is 525. The van der Waals surface area contributed by atoms with Crippen LogP contribution < -0.4 is 4.31 Å². The molecule has 1 amide bonds. The summed E-state index contributed by atoms with van der Waals surface area (Å²) in [5, 5.41) is 10.5. The van der Waals surface area contributed by atoms with Gasteiger partial charge in [0.15, 0.2) is 0 Å². The summed E-state index contributed by atoms with van der Waals surface area (Å²) in [4.78, 5) is 20.3. The normalized spacial score (nSPS) is 10.8. The summed E-state index contributed by atoms with van der Waals surface area (Å²) in [7, 11) is -3.82. The first-order chi connectivity index (χ1) is 7.36. The van der Waals surface area contributed by atoms with Crippen LogP contribution in [0.1, 0.15) is 0 Å². The minimum atomic E-state index is -3.82. The average Bonchev–Trinajstić information content (AvgIpc) is 2.17. The molecule has 0 aliphatic heterocycles. The maximum atomic E-state index is 11.1. The fourth-order valence-electron chi connectivity index (χ4n) is 1.04. The summed E-state index contributed by atoms with van der Waals surface area (Å²) in [6.45, 7) is 0. The van der Waals surface area contributed by atoms with Crippen LogP contribution in [0.25, 0.3) is 0 Å². The smallest absolute Gasteiger partial charge is 0.262 e. The van der Waals surface area contributed by atoms with Crippen LogP contribution in [0.4, 0.5) is 11.4 Å². The summed E-state index contributed by atoms with van der Waals surface area (Å²) in [6, 6.07) is 4.71. The monoisotopic (exact) mass is 243 g/mol. The molecule has 1 aromatic rings. The van der Waals surface area contributed by atoms with Gasteiger partial charge in [-0.3, -0.25) is 14.9 Å². The highest BCUT2D eigenvalue weighted by molar-refractivity contribution is 7.92. The van der Waals surface area contributed by atoms with Gasteiger partial charge >= 0.3 is 6.41 Å². The van der Waals surface area contributed by atoms with Crippen LogP contribution in [0.3, 0.4) is 0 Å². The van der Waals surface area contributed by atoms with E-state index in [2.05, 4.69) is 0 Å². The number of hydrogen-bond acceptors (Lipinski definition) is 5. The van der Waals surface area contributed by atoms with Gasteiger partial charge in [0, 0.05) is 12.1 Å². The summed E-state index contributed by atoms with van der Waals surface area (Å²) in [6.07, 6.45) is 2.00. The van der Waals surface area contributed by atoms with Gasteiger partial charge in [0.2, 0.25) is 10.0 Å². The third-order valence-corrected chi connectivity index (χ3v) is 2.64. The van der Waals surface area contributed by atoms with Crippen molar-refractivity contribution < 1.29 is 18.1 Å². The van der Waals surface area contributed by atoms with E-state index in [4.69, 9.17) is 0 Å². The molecule has 1 rings (SSSR count). The van der Waals surface area contributed by atoms with Crippen LogP contribution in [0, 0.1) is 10.1 Å². The molecule has 0 bridgehead atoms. The lowest BCUT2D eigenvalue weighted by Crippen LogP contribution is -2.27. The second-order valence-corrected chi connectivity index (χ2v) is 4.73. The van der Waals surface area contributed by atoms with Crippen LogP contribution >= 0.6 is 0 Å². The van der Waals surface area contributed by atoms with E-state index in [1.54, 1.807) is 0 Å². The minimum Gasteiger partial charge on any atom is -0.262 e. The van der Waals surface area contributed by atoms with Gasteiger partial charge in [0.05, 0.1) is 16.9 Å². The molecule has 85 valence electrons. The van der Waals surface area contributed by atoms with Crippen molar-refractivity contribution in [3.63, 3.8) is 0 Å². The maximum Gasteiger partial charge on any atom is 0.331 e.